The van der Waals surface area contributed by atoms with E-state index >= 15 is 0 Å². The molecule has 0 fully saturated rings. The fourth-order valence-electron chi connectivity index (χ4n) is 2.18. The van der Waals surface area contributed by atoms with Crippen molar-refractivity contribution in [3.05, 3.63) is 65.5 Å². The zero-order valence-corrected chi connectivity index (χ0v) is 14.1. The van der Waals surface area contributed by atoms with Crippen molar-refractivity contribution in [3.8, 4) is 5.75 Å². The van der Waals surface area contributed by atoms with Crippen molar-refractivity contribution in [2.75, 3.05) is 20.3 Å². The maximum absolute atomic E-state index is 12.8. The van der Waals surface area contributed by atoms with Crippen LogP contribution < -0.4 is 10.1 Å². The molecule has 0 aliphatic rings. The lowest BCUT2D eigenvalue weighted by Crippen LogP contribution is -2.35. The quantitative estimate of drug-likeness (QED) is 0.729. The second-order valence-electron chi connectivity index (χ2n) is 5.62. The number of benzene rings is 2. The van der Waals surface area contributed by atoms with Crippen LogP contribution in [0.1, 0.15) is 11.1 Å². The van der Waals surface area contributed by atoms with Crippen LogP contribution in [0.15, 0.2) is 48.5 Å². The molecule has 2 aromatic rings. The van der Waals surface area contributed by atoms with Gasteiger partial charge in [-0.15, -0.1) is 0 Å². The normalized spacial score (nSPS) is 11.8. The van der Waals surface area contributed by atoms with Crippen molar-refractivity contribution in [1.29, 1.82) is 0 Å². The maximum atomic E-state index is 12.8. The Labute approximate surface area is 146 Å². The van der Waals surface area contributed by atoms with Crippen LogP contribution in [-0.2, 0) is 22.6 Å². The van der Waals surface area contributed by atoms with Crippen LogP contribution in [0, 0.1) is 5.82 Å². The molecule has 2 rings (SSSR count). The number of carbonyl (C=O) groups excluding carboxylic acids is 1. The standard InChI is InChI=1S/C19H22FNO4/c1-24-18-8-4-15(5-9-18)12-25-13-17(22)11-21-19(23)10-14-2-6-16(20)7-3-14/h2-9,17,22H,10-13H2,1H3,(H,21,23)/t17-/m0/s1. The number of aliphatic hydroxyl groups excluding tert-OH is 1. The summed E-state index contributed by atoms with van der Waals surface area (Å²) in [6.45, 7) is 0.579. The molecule has 0 bridgehead atoms. The van der Waals surface area contributed by atoms with Crippen molar-refractivity contribution < 1.29 is 23.8 Å². The fraction of sp³-hybridized carbons (Fsp3) is 0.316. The molecule has 0 heterocycles. The van der Waals surface area contributed by atoms with Gasteiger partial charge in [-0.25, -0.2) is 4.39 Å². The Morgan fingerprint density at radius 1 is 1.12 bits per heavy atom. The van der Waals surface area contributed by atoms with Gasteiger partial charge in [-0.05, 0) is 35.4 Å². The summed E-state index contributed by atoms with van der Waals surface area (Å²) in [6.07, 6.45) is -0.657. The number of nitrogens with one attached hydrogen (secondary N) is 1. The number of aliphatic hydroxyl groups is 1. The monoisotopic (exact) mass is 347 g/mol. The molecule has 2 aromatic carbocycles. The molecule has 1 atom stereocenters. The predicted molar refractivity (Wildman–Crippen MR) is 91.8 cm³/mol. The second kappa shape index (κ2) is 9.76. The number of ether oxygens (including phenoxy) is 2. The molecular formula is C19H22FNO4. The van der Waals surface area contributed by atoms with Crippen molar-refractivity contribution >= 4 is 5.91 Å². The third kappa shape index (κ3) is 6.91. The number of hydrogen-bond donors (Lipinski definition) is 2. The summed E-state index contributed by atoms with van der Waals surface area (Å²) in [5, 5.41) is 12.5. The van der Waals surface area contributed by atoms with Gasteiger partial charge in [-0.2, -0.15) is 0 Å². The topological polar surface area (TPSA) is 67.8 Å². The van der Waals surface area contributed by atoms with E-state index in [1.165, 1.54) is 12.1 Å². The molecule has 25 heavy (non-hydrogen) atoms. The summed E-state index contributed by atoms with van der Waals surface area (Å²) < 4.78 is 23.3. The van der Waals surface area contributed by atoms with Gasteiger partial charge in [-0.1, -0.05) is 24.3 Å². The molecule has 0 saturated carbocycles. The minimum absolute atomic E-state index is 0.0998. The first-order chi connectivity index (χ1) is 12.1. The number of methoxy groups -OCH3 is 1. The van der Waals surface area contributed by atoms with Crippen molar-refractivity contribution in [2.45, 2.75) is 19.1 Å². The maximum Gasteiger partial charge on any atom is 0.224 e. The smallest absolute Gasteiger partial charge is 0.224 e. The first-order valence-corrected chi connectivity index (χ1v) is 7.96. The lowest BCUT2D eigenvalue weighted by molar-refractivity contribution is -0.121. The third-order valence-corrected chi connectivity index (χ3v) is 3.55. The van der Waals surface area contributed by atoms with Crippen LogP contribution in [0.4, 0.5) is 4.39 Å². The summed E-state index contributed by atoms with van der Waals surface area (Å²) in [5.74, 6) is 0.196. The van der Waals surface area contributed by atoms with Crippen molar-refractivity contribution in [2.24, 2.45) is 0 Å². The van der Waals surface area contributed by atoms with E-state index in [1.54, 1.807) is 19.2 Å². The van der Waals surface area contributed by atoms with Gasteiger partial charge in [0.2, 0.25) is 5.91 Å². The Kier molecular flexibility index (Phi) is 7.37. The molecule has 0 aromatic heterocycles. The van der Waals surface area contributed by atoms with Gasteiger partial charge in [-0.3, -0.25) is 4.79 Å². The minimum Gasteiger partial charge on any atom is -0.497 e. The van der Waals surface area contributed by atoms with Crippen LogP contribution in [0.2, 0.25) is 0 Å². The van der Waals surface area contributed by atoms with Gasteiger partial charge < -0.3 is 19.9 Å². The number of rotatable bonds is 9. The molecule has 0 unspecified atom stereocenters. The van der Waals surface area contributed by atoms with E-state index in [0.29, 0.717) is 12.2 Å². The molecule has 0 spiro atoms. The van der Waals surface area contributed by atoms with Gasteiger partial charge in [0.1, 0.15) is 11.6 Å². The highest BCUT2D eigenvalue weighted by Crippen LogP contribution is 2.12. The van der Waals surface area contributed by atoms with Gasteiger partial charge in [0.05, 0.1) is 32.8 Å². The third-order valence-electron chi connectivity index (χ3n) is 3.55. The van der Waals surface area contributed by atoms with Crippen LogP contribution in [0.25, 0.3) is 0 Å². The highest BCUT2D eigenvalue weighted by Gasteiger charge is 2.08. The van der Waals surface area contributed by atoms with E-state index in [1.807, 2.05) is 24.3 Å². The molecule has 0 aliphatic carbocycles. The molecule has 6 heteroatoms. The highest BCUT2D eigenvalue weighted by atomic mass is 19.1. The molecule has 1 amide bonds. The van der Waals surface area contributed by atoms with E-state index < -0.39 is 6.10 Å². The summed E-state index contributed by atoms with van der Waals surface area (Å²) in [5.41, 5.74) is 1.68. The number of carbonyl (C=O) groups is 1. The Morgan fingerprint density at radius 3 is 2.40 bits per heavy atom. The zero-order chi connectivity index (χ0) is 18.1. The minimum atomic E-state index is -0.796. The van der Waals surface area contributed by atoms with Gasteiger partial charge in [0, 0.05) is 6.54 Å². The van der Waals surface area contributed by atoms with E-state index in [2.05, 4.69) is 5.32 Å². The Hall–Kier alpha value is -2.44. The highest BCUT2D eigenvalue weighted by molar-refractivity contribution is 5.78. The van der Waals surface area contributed by atoms with Crippen LogP contribution >= 0.6 is 0 Å². The number of amides is 1. The van der Waals surface area contributed by atoms with E-state index in [-0.39, 0.29) is 31.3 Å². The number of halogens is 1. The largest absolute Gasteiger partial charge is 0.497 e. The van der Waals surface area contributed by atoms with Gasteiger partial charge in [0.15, 0.2) is 0 Å². The van der Waals surface area contributed by atoms with E-state index in [0.717, 1.165) is 11.3 Å². The van der Waals surface area contributed by atoms with Gasteiger partial charge in [0.25, 0.3) is 0 Å². The Morgan fingerprint density at radius 2 is 1.76 bits per heavy atom. The van der Waals surface area contributed by atoms with E-state index in [4.69, 9.17) is 9.47 Å². The summed E-state index contributed by atoms with van der Waals surface area (Å²) >= 11 is 0. The average Bonchev–Trinajstić information content (AvgIpc) is 2.62. The Balaban J connectivity index is 1.63. The second-order valence-corrected chi connectivity index (χ2v) is 5.62. The summed E-state index contributed by atoms with van der Waals surface area (Å²) in [6, 6.07) is 13.2. The van der Waals surface area contributed by atoms with Crippen LogP contribution in [0.3, 0.4) is 0 Å². The number of hydrogen-bond acceptors (Lipinski definition) is 4. The van der Waals surface area contributed by atoms with Gasteiger partial charge >= 0.3 is 0 Å². The molecule has 134 valence electrons. The van der Waals surface area contributed by atoms with Crippen molar-refractivity contribution in [3.63, 3.8) is 0 Å². The SMILES string of the molecule is COc1ccc(COC[C@@H](O)CNC(=O)Cc2ccc(F)cc2)cc1. The summed E-state index contributed by atoms with van der Waals surface area (Å²) in [7, 11) is 1.60. The lowest BCUT2D eigenvalue weighted by Gasteiger charge is -2.13. The predicted octanol–water partition coefficient (Wildman–Crippen LogP) is 2.07. The fourth-order valence-corrected chi connectivity index (χ4v) is 2.18. The molecule has 2 N–H and O–H groups in total. The van der Waals surface area contributed by atoms with Crippen LogP contribution in [-0.4, -0.2) is 37.4 Å². The van der Waals surface area contributed by atoms with Crippen LogP contribution in [0.5, 0.6) is 5.75 Å². The first kappa shape index (κ1) is 18.9. The molecule has 0 aliphatic heterocycles. The zero-order valence-electron chi connectivity index (χ0n) is 14.1. The lowest BCUT2D eigenvalue weighted by atomic mass is 10.1. The summed E-state index contributed by atoms with van der Waals surface area (Å²) in [4.78, 5) is 11.8. The average molecular weight is 347 g/mol. The first-order valence-electron chi connectivity index (χ1n) is 7.96. The molecular weight excluding hydrogens is 325 g/mol. The van der Waals surface area contributed by atoms with Crippen molar-refractivity contribution in [1.82, 2.24) is 5.32 Å². The molecule has 0 saturated heterocycles. The molecule has 5 nitrogen and oxygen atoms in total. The van der Waals surface area contributed by atoms with E-state index in [9.17, 15) is 14.3 Å². The molecule has 0 radical (unpaired) electrons. The Bertz CT molecular complexity index is 658.